The van der Waals surface area contributed by atoms with Crippen LogP contribution in [0.1, 0.15) is 24.1 Å². The molecule has 1 aliphatic heterocycles. The van der Waals surface area contributed by atoms with Crippen molar-refractivity contribution in [3.63, 3.8) is 0 Å². The first-order chi connectivity index (χ1) is 14.9. The standard InChI is InChI=1S/C22H21ClN4O3S/c23-20-8-6-13(31-20)5-7-19(28)18-10-12-9-17(12)27(18)22(30)25-15-11-26(21(24)29)16-4-2-1-3-14(15)16/h1-4,6,8,11-12,17-18H,5,7,9-10H2,(H2,24,29)(H,25,30)/t12?,17?,18-/m0/s1. The molecule has 2 aliphatic rings. The first-order valence-corrected chi connectivity index (χ1v) is 11.4. The Kier molecular flexibility index (Phi) is 4.98. The molecule has 3 aromatic rings. The Hall–Kier alpha value is -2.84. The Labute approximate surface area is 187 Å². The number of benzene rings is 1. The minimum absolute atomic E-state index is 0.0754. The molecule has 1 aromatic carbocycles. The van der Waals surface area contributed by atoms with Gasteiger partial charge in [0.05, 0.1) is 21.6 Å². The number of aryl methyl sites for hydroxylation is 1. The van der Waals surface area contributed by atoms with Crippen molar-refractivity contribution in [2.75, 3.05) is 5.32 Å². The number of anilines is 1. The zero-order valence-electron chi connectivity index (χ0n) is 16.6. The number of nitrogens with zero attached hydrogens (tertiary/aromatic N) is 2. The summed E-state index contributed by atoms with van der Waals surface area (Å²) in [6, 6.07) is 9.76. The molecule has 7 nitrogen and oxygen atoms in total. The van der Waals surface area contributed by atoms with Crippen LogP contribution in [0.5, 0.6) is 0 Å². The van der Waals surface area contributed by atoms with Crippen LogP contribution in [-0.2, 0) is 11.2 Å². The molecule has 2 fully saturated rings. The van der Waals surface area contributed by atoms with Crippen molar-refractivity contribution in [1.82, 2.24) is 9.47 Å². The van der Waals surface area contributed by atoms with Gasteiger partial charge in [0.25, 0.3) is 0 Å². The second kappa shape index (κ2) is 7.69. The Morgan fingerprint density at radius 3 is 2.71 bits per heavy atom. The van der Waals surface area contributed by atoms with Crippen molar-refractivity contribution in [3.05, 3.63) is 51.8 Å². The maximum atomic E-state index is 13.2. The van der Waals surface area contributed by atoms with Gasteiger partial charge in [0.2, 0.25) is 0 Å². The second-order valence-corrected chi connectivity index (χ2v) is 9.89. The van der Waals surface area contributed by atoms with Crippen molar-refractivity contribution < 1.29 is 14.4 Å². The van der Waals surface area contributed by atoms with Gasteiger partial charge in [0, 0.05) is 28.9 Å². The number of para-hydroxylation sites is 1. The number of rotatable bonds is 5. The molecule has 5 rings (SSSR count). The number of urea groups is 1. The van der Waals surface area contributed by atoms with Gasteiger partial charge in [-0.2, -0.15) is 0 Å². The molecule has 1 saturated carbocycles. The highest BCUT2D eigenvalue weighted by Crippen LogP contribution is 2.48. The van der Waals surface area contributed by atoms with E-state index in [-0.39, 0.29) is 17.9 Å². The van der Waals surface area contributed by atoms with Crippen LogP contribution in [0.25, 0.3) is 10.9 Å². The fourth-order valence-electron chi connectivity index (χ4n) is 4.58. The number of piperidine rings is 1. The number of aromatic nitrogens is 1. The molecule has 3 atom stereocenters. The molecule has 0 radical (unpaired) electrons. The zero-order valence-corrected chi connectivity index (χ0v) is 18.2. The quantitative estimate of drug-likeness (QED) is 0.592. The van der Waals surface area contributed by atoms with Crippen LogP contribution in [0.2, 0.25) is 4.34 Å². The maximum absolute atomic E-state index is 13.2. The lowest BCUT2D eigenvalue weighted by atomic mass is 10.0. The summed E-state index contributed by atoms with van der Waals surface area (Å²) in [4.78, 5) is 40.7. The minimum Gasteiger partial charge on any atom is -0.351 e. The van der Waals surface area contributed by atoms with Gasteiger partial charge in [-0.3, -0.25) is 9.36 Å². The Morgan fingerprint density at radius 2 is 1.97 bits per heavy atom. The minimum atomic E-state index is -0.623. The number of likely N-dealkylation sites (tertiary alicyclic amines) is 1. The number of hydrogen-bond donors (Lipinski definition) is 2. The highest BCUT2D eigenvalue weighted by molar-refractivity contribution is 7.16. The first-order valence-electron chi connectivity index (χ1n) is 10.2. The number of nitrogens with two attached hydrogens (primary N) is 1. The van der Waals surface area contributed by atoms with E-state index in [2.05, 4.69) is 5.32 Å². The number of carbonyl (C=O) groups excluding carboxylic acids is 3. The molecule has 3 heterocycles. The van der Waals surface area contributed by atoms with Crippen LogP contribution >= 0.6 is 22.9 Å². The predicted octanol–water partition coefficient (Wildman–Crippen LogP) is 4.48. The molecule has 9 heteroatoms. The largest absolute Gasteiger partial charge is 0.351 e. The Bertz CT molecular complexity index is 1200. The fraction of sp³-hybridized carbons (Fsp3) is 0.318. The number of amides is 3. The molecule has 0 bridgehead atoms. The third-order valence-electron chi connectivity index (χ3n) is 6.15. The Morgan fingerprint density at radius 1 is 1.16 bits per heavy atom. The summed E-state index contributed by atoms with van der Waals surface area (Å²) >= 11 is 7.45. The van der Waals surface area contributed by atoms with E-state index < -0.39 is 12.1 Å². The van der Waals surface area contributed by atoms with Gasteiger partial charge in [0.1, 0.15) is 0 Å². The van der Waals surface area contributed by atoms with E-state index in [1.54, 1.807) is 17.0 Å². The lowest BCUT2D eigenvalue weighted by Gasteiger charge is -2.26. The van der Waals surface area contributed by atoms with Crippen molar-refractivity contribution in [2.45, 2.75) is 37.8 Å². The number of thiophene rings is 1. The third kappa shape index (κ3) is 3.70. The molecule has 1 aliphatic carbocycles. The van der Waals surface area contributed by atoms with Gasteiger partial charge < -0.3 is 16.0 Å². The number of primary amides is 1. The van der Waals surface area contributed by atoms with Gasteiger partial charge in [-0.1, -0.05) is 29.8 Å². The SMILES string of the molecule is NC(=O)n1cc(NC(=O)N2C3CC3C[C@H]2C(=O)CCc2ccc(Cl)s2)c2ccccc21. The van der Waals surface area contributed by atoms with Crippen LogP contribution in [0, 0.1) is 5.92 Å². The van der Waals surface area contributed by atoms with Crippen molar-refractivity contribution in [1.29, 1.82) is 0 Å². The van der Waals surface area contributed by atoms with Crippen LogP contribution in [0.3, 0.4) is 0 Å². The number of fused-ring (bicyclic) bond motifs is 2. The molecular formula is C22H21ClN4O3S. The lowest BCUT2D eigenvalue weighted by Crippen LogP contribution is -2.45. The van der Waals surface area contributed by atoms with E-state index in [0.717, 1.165) is 16.7 Å². The number of carbonyl (C=O) groups is 3. The monoisotopic (exact) mass is 456 g/mol. The summed E-state index contributed by atoms with van der Waals surface area (Å²) in [6.07, 6.45) is 4.18. The summed E-state index contributed by atoms with van der Waals surface area (Å²) in [5.74, 6) is 0.467. The van der Waals surface area contributed by atoms with E-state index in [1.165, 1.54) is 22.1 Å². The molecule has 2 aromatic heterocycles. The van der Waals surface area contributed by atoms with E-state index in [4.69, 9.17) is 17.3 Å². The number of ketones is 1. The second-order valence-electron chi connectivity index (χ2n) is 8.09. The van der Waals surface area contributed by atoms with Crippen LogP contribution in [0.4, 0.5) is 15.3 Å². The van der Waals surface area contributed by atoms with Crippen molar-refractivity contribution in [2.24, 2.45) is 11.7 Å². The number of Topliss-reactive ketones (excluding diaryl/α,β-unsaturated/α-hetero) is 1. The molecule has 31 heavy (non-hydrogen) atoms. The number of nitrogens with one attached hydrogen (secondary N) is 1. The molecule has 0 spiro atoms. The summed E-state index contributed by atoms with van der Waals surface area (Å²) in [6.45, 7) is 0. The molecule has 1 saturated heterocycles. The number of hydrogen-bond acceptors (Lipinski definition) is 4. The lowest BCUT2D eigenvalue weighted by molar-refractivity contribution is -0.122. The zero-order chi connectivity index (χ0) is 21.7. The van der Waals surface area contributed by atoms with Crippen LogP contribution in [0.15, 0.2) is 42.6 Å². The molecule has 3 N–H and O–H groups in total. The molecule has 2 unspecified atom stereocenters. The Balaban J connectivity index is 1.33. The summed E-state index contributed by atoms with van der Waals surface area (Å²) in [5.41, 5.74) is 6.59. The summed E-state index contributed by atoms with van der Waals surface area (Å²) in [5, 5.41) is 3.63. The topological polar surface area (TPSA) is 97.4 Å². The number of halogens is 1. The maximum Gasteiger partial charge on any atom is 0.323 e. The van der Waals surface area contributed by atoms with Gasteiger partial charge in [-0.25, -0.2) is 9.59 Å². The van der Waals surface area contributed by atoms with Crippen molar-refractivity contribution >= 4 is 57.4 Å². The van der Waals surface area contributed by atoms with E-state index in [0.29, 0.717) is 40.7 Å². The first kappa shape index (κ1) is 20.1. The highest BCUT2D eigenvalue weighted by atomic mass is 35.5. The smallest absolute Gasteiger partial charge is 0.323 e. The average Bonchev–Trinajstić information content (AvgIpc) is 3.08. The van der Waals surface area contributed by atoms with E-state index in [1.807, 2.05) is 24.3 Å². The summed E-state index contributed by atoms with van der Waals surface area (Å²) in [7, 11) is 0. The van der Waals surface area contributed by atoms with Gasteiger partial charge in [-0.15, -0.1) is 11.3 Å². The van der Waals surface area contributed by atoms with Gasteiger partial charge >= 0.3 is 12.1 Å². The van der Waals surface area contributed by atoms with Gasteiger partial charge in [-0.05, 0) is 43.4 Å². The molecule has 3 amide bonds. The predicted molar refractivity (Wildman–Crippen MR) is 121 cm³/mol. The highest BCUT2D eigenvalue weighted by Gasteiger charge is 2.55. The van der Waals surface area contributed by atoms with Crippen molar-refractivity contribution in [3.8, 4) is 0 Å². The molecule has 160 valence electrons. The fourth-order valence-corrected chi connectivity index (χ4v) is 5.66. The molecular weight excluding hydrogens is 436 g/mol. The third-order valence-corrected chi connectivity index (χ3v) is 7.44. The van der Waals surface area contributed by atoms with E-state index >= 15 is 0 Å². The van der Waals surface area contributed by atoms with Gasteiger partial charge in [0.15, 0.2) is 5.78 Å². The average molecular weight is 457 g/mol. The normalized spacial score (nSPS) is 21.8. The van der Waals surface area contributed by atoms with Crippen LogP contribution < -0.4 is 11.1 Å². The van der Waals surface area contributed by atoms with Crippen LogP contribution in [-0.4, -0.2) is 39.4 Å². The van der Waals surface area contributed by atoms with E-state index in [9.17, 15) is 14.4 Å². The summed E-state index contributed by atoms with van der Waals surface area (Å²) < 4.78 is 2.02.